The van der Waals surface area contributed by atoms with Crippen molar-refractivity contribution in [1.82, 2.24) is 10.6 Å². The Hall–Kier alpha value is -2.41. The minimum Gasteiger partial charge on any atom is -0.385 e. The number of rotatable bonds is 6. The van der Waals surface area contributed by atoms with E-state index in [1.165, 1.54) is 0 Å². The predicted octanol–water partition coefficient (Wildman–Crippen LogP) is 0.752. The minimum absolute atomic E-state index is 0.0385. The van der Waals surface area contributed by atoms with Crippen molar-refractivity contribution in [3.63, 3.8) is 0 Å². The lowest BCUT2D eigenvalue weighted by Crippen LogP contribution is -2.45. The number of hydrogen-bond acceptors (Lipinski definition) is 4. The number of anilines is 1. The van der Waals surface area contributed by atoms with Crippen molar-refractivity contribution in [1.29, 1.82) is 0 Å². The molecule has 0 bridgehead atoms. The number of carbonyl (C=O) groups is 3. The summed E-state index contributed by atoms with van der Waals surface area (Å²) >= 11 is 0. The standard InChI is InChI=1S/C17H23N3O4/c1-11(2)20-13-8-5-4-7-12(13)14(17(20)23)19-16(22)15(21)18-9-6-10-24-3/h4-5,7-8,11,14H,6,9-10H2,1-3H3,(H,18,21)(H,19,22). The molecular weight excluding hydrogens is 310 g/mol. The van der Waals surface area contributed by atoms with E-state index in [4.69, 9.17) is 4.74 Å². The van der Waals surface area contributed by atoms with Crippen LogP contribution in [0.2, 0.25) is 0 Å². The maximum absolute atomic E-state index is 12.6. The summed E-state index contributed by atoms with van der Waals surface area (Å²) in [7, 11) is 1.57. The van der Waals surface area contributed by atoms with Crippen LogP contribution in [-0.2, 0) is 19.1 Å². The third-order valence-corrected chi connectivity index (χ3v) is 3.80. The van der Waals surface area contributed by atoms with Gasteiger partial charge in [0.2, 0.25) is 0 Å². The van der Waals surface area contributed by atoms with Crippen LogP contribution in [0.15, 0.2) is 24.3 Å². The number of fused-ring (bicyclic) bond motifs is 1. The number of amides is 3. The maximum atomic E-state index is 12.6. The monoisotopic (exact) mass is 333 g/mol. The Labute approximate surface area is 141 Å². The first-order valence-corrected chi connectivity index (χ1v) is 7.97. The number of hydrogen-bond donors (Lipinski definition) is 2. The van der Waals surface area contributed by atoms with Crippen LogP contribution in [0.3, 0.4) is 0 Å². The summed E-state index contributed by atoms with van der Waals surface area (Å²) in [5.74, 6) is -1.79. The van der Waals surface area contributed by atoms with Gasteiger partial charge in [-0.25, -0.2) is 0 Å². The molecule has 0 saturated carbocycles. The van der Waals surface area contributed by atoms with Crippen molar-refractivity contribution in [2.75, 3.05) is 25.2 Å². The summed E-state index contributed by atoms with van der Waals surface area (Å²) in [6, 6.07) is 6.40. The van der Waals surface area contributed by atoms with E-state index < -0.39 is 17.9 Å². The second-order valence-electron chi connectivity index (χ2n) is 5.87. The molecule has 1 aliphatic heterocycles. The molecule has 0 fully saturated rings. The van der Waals surface area contributed by atoms with Crippen LogP contribution in [0.25, 0.3) is 0 Å². The second kappa shape index (κ2) is 7.92. The Morgan fingerprint density at radius 2 is 1.96 bits per heavy atom. The first-order valence-electron chi connectivity index (χ1n) is 7.97. The molecule has 1 aromatic carbocycles. The van der Waals surface area contributed by atoms with Crippen LogP contribution in [0.1, 0.15) is 31.9 Å². The highest BCUT2D eigenvalue weighted by atomic mass is 16.5. The van der Waals surface area contributed by atoms with Gasteiger partial charge < -0.3 is 20.3 Å². The van der Waals surface area contributed by atoms with E-state index in [0.29, 0.717) is 25.1 Å². The third-order valence-electron chi connectivity index (χ3n) is 3.80. The predicted molar refractivity (Wildman–Crippen MR) is 89.5 cm³/mol. The number of nitrogens with zero attached hydrogens (tertiary/aromatic N) is 1. The molecule has 24 heavy (non-hydrogen) atoms. The molecule has 2 rings (SSSR count). The van der Waals surface area contributed by atoms with Crippen LogP contribution in [0.5, 0.6) is 0 Å². The smallest absolute Gasteiger partial charge is 0.310 e. The van der Waals surface area contributed by atoms with Crippen LogP contribution < -0.4 is 15.5 Å². The molecular formula is C17H23N3O4. The molecule has 7 heteroatoms. The molecule has 0 aromatic heterocycles. The number of ether oxygens (including phenoxy) is 1. The van der Waals surface area contributed by atoms with Gasteiger partial charge in [-0.1, -0.05) is 18.2 Å². The van der Waals surface area contributed by atoms with Crippen molar-refractivity contribution in [2.45, 2.75) is 32.4 Å². The van der Waals surface area contributed by atoms with Gasteiger partial charge in [0, 0.05) is 37.6 Å². The van der Waals surface area contributed by atoms with Crippen LogP contribution >= 0.6 is 0 Å². The molecule has 0 aliphatic carbocycles. The molecule has 0 radical (unpaired) electrons. The van der Waals surface area contributed by atoms with Gasteiger partial charge >= 0.3 is 11.8 Å². The Bertz CT molecular complexity index is 630. The molecule has 0 saturated heterocycles. The Morgan fingerprint density at radius 3 is 2.62 bits per heavy atom. The summed E-state index contributed by atoms with van der Waals surface area (Å²) in [5.41, 5.74) is 1.47. The summed E-state index contributed by atoms with van der Waals surface area (Å²) in [6.45, 7) is 4.65. The summed E-state index contributed by atoms with van der Waals surface area (Å²) in [5, 5.41) is 5.05. The highest BCUT2D eigenvalue weighted by Crippen LogP contribution is 2.36. The van der Waals surface area contributed by atoms with Gasteiger partial charge in [-0.2, -0.15) is 0 Å². The van der Waals surface area contributed by atoms with Crippen molar-refractivity contribution < 1.29 is 19.1 Å². The Kier molecular flexibility index (Phi) is 5.92. The van der Waals surface area contributed by atoms with Gasteiger partial charge in [0.15, 0.2) is 0 Å². The maximum Gasteiger partial charge on any atom is 0.310 e. The van der Waals surface area contributed by atoms with E-state index >= 15 is 0 Å². The second-order valence-corrected chi connectivity index (χ2v) is 5.87. The molecule has 0 spiro atoms. The fourth-order valence-electron chi connectivity index (χ4n) is 2.71. The Morgan fingerprint density at radius 1 is 1.25 bits per heavy atom. The van der Waals surface area contributed by atoms with Gasteiger partial charge in [0.1, 0.15) is 6.04 Å². The minimum atomic E-state index is -0.833. The van der Waals surface area contributed by atoms with E-state index in [2.05, 4.69) is 10.6 Å². The lowest BCUT2D eigenvalue weighted by atomic mass is 10.1. The normalized spacial score (nSPS) is 16.2. The average Bonchev–Trinajstić information content (AvgIpc) is 2.83. The van der Waals surface area contributed by atoms with Gasteiger partial charge in [-0.05, 0) is 26.3 Å². The van der Waals surface area contributed by atoms with Gasteiger partial charge in [-0.3, -0.25) is 14.4 Å². The SMILES string of the molecule is COCCCNC(=O)C(=O)NC1C(=O)N(C(C)C)c2ccccc21. The molecule has 1 heterocycles. The molecule has 1 unspecified atom stereocenters. The van der Waals surface area contributed by atoms with E-state index in [-0.39, 0.29) is 11.9 Å². The molecule has 1 aliphatic rings. The fraction of sp³-hybridized carbons (Fsp3) is 0.471. The topological polar surface area (TPSA) is 87.7 Å². The van der Waals surface area contributed by atoms with E-state index in [0.717, 1.165) is 5.69 Å². The van der Waals surface area contributed by atoms with Crippen molar-refractivity contribution in [2.24, 2.45) is 0 Å². The molecule has 130 valence electrons. The first-order chi connectivity index (χ1) is 11.5. The largest absolute Gasteiger partial charge is 0.385 e. The molecule has 7 nitrogen and oxygen atoms in total. The third kappa shape index (κ3) is 3.73. The van der Waals surface area contributed by atoms with E-state index in [1.807, 2.05) is 26.0 Å². The molecule has 2 N–H and O–H groups in total. The van der Waals surface area contributed by atoms with Crippen LogP contribution in [0.4, 0.5) is 5.69 Å². The number of carbonyl (C=O) groups excluding carboxylic acids is 3. The highest BCUT2D eigenvalue weighted by molar-refractivity contribution is 6.35. The van der Waals surface area contributed by atoms with Crippen LogP contribution in [0, 0.1) is 0 Å². The number of benzene rings is 1. The fourth-order valence-corrected chi connectivity index (χ4v) is 2.71. The quantitative estimate of drug-likeness (QED) is 0.594. The van der Waals surface area contributed by atoms with Gasteiger partial charge in [0.25, 0.3) is 5.91 Å². The molecule has 1 aromatic rings. The first kappa shape index (κ1) is 17.9. The van der Waals surface area contributed by atoms with E-state index in [9.17, 15) is 14.4 Å². The van der Waals surface area contributed by atoms with Crippen molar-refractivity contribution in [3.05, 3.63) is 29.8 Å². The van der Waals surface area contributed by atoms with Crippen molar-refractivity contribution >= 4 is 23.4 Å². The zero-order valence-corrected chi connectivity index (χ0v) is 14.2. The summed E-state index contributed by atoms with van der Waals surface area (Å²) < 4.78 is 4.88. The number of para-hydroxylation sites is 1. The lowest BCUT2D eigenvalue weighted by Gasteiger charge is -2.22. The molecule has 3 amide bonds. The average molecular weight is 333 g/mol. The summed E-state index contributed by atoms with van der Waals surface area (Å²) in [6.07, 6.45) is 0.613. The summed E-state index contributed by atoms with van der Waals surface area (Å²) in [4.78, 5) is 38.2. The van der Waals surface area contributed by atoms with Gasteiger partial charge in [0.05, 0.1) is 0 Å². The zero-order chi connectivity index (χ0) is 17.7. The molecule has 1 atom stereocenters. The van der Waals surface area contributed by atoms with Crippen LogP contribution in [-0.4, -0.2) is 44.0 Å². The van der Waals surface area contributed by atoms with E-state index in [1.54, 1.807) is 24.1 Å². The highest BCUT2D eigenvalue weighted by Gasteiger charge is 2.39. The number of methoxy groups -OCH3 is 1. The van der Waals surface area contributed by atoms with Crippen molar-refractivity contribution in [3.8, 4) is 0 Å². The Balaban J connectivity index is 2.05. The lowest BCUT2D eigenvalue weighted by molar-refractivity contribution is -0.140. The number of nitrogens with one attached hydrogen (secondary N) is 2. The zero-order valence-electron chi connectivity index (χ0n) is 14.2. The van der Waals surface area contributed by atoms with Gasteiger partial charge in [-0.15, -0.1) is 0 Å².